The number of ether oxygens (including phenoxy) is 1. The second-order valence-corrected chi connectivity index (χ2v) is 9.18. The van der Waals surface area contributed by atoms with Crippen LogP contribution in [0.25, 0.3) is 0 Å². The molecule has 0 fully saturated rings. The molecule has 0 saturated heterocycles. The van der Waals surface area contributed by atoms with Gasteiger partial charge in [-0.05, 0) is 61.4 Å². The molecule has 0 aliphatic carbocycles. The standard InChI is InChI=1S/C25H33FN2O3S/c1-3-5-8-20(29)16-27(12-4-2)17-25(30)28-13-10-24-22(11-14-32-24)23(28)18-31-21-9-6-7-19(26)15-21/h3,6-7,9,11,14-15,20,23,29H,1,4-5,8,10,12-13,16-18H2,2H3. The minimum Gasteiger partial charge on any atom is -0.491 e. The van der Waals surface area contributed by atoms with Crippen molar-refractivity contribution in [2.24, 2.45) is 0 Å². The van der Waals surface area contributed by atoms with Crippen molar-refractivity contribution >= 4 is 17.2 Å². The van der Waals surface area contributed by atoms with E-state index in [1.807, 2.05) is 15.2 Å². The Hall–Kier alpha value is -2.22. The molecule has 5 nitrogen and oxygen atoms in total. The first-order chi connectivity index (χ1) is 15.5. The zero-order valence-corrected chi connectivity index (χ0v) is 19.5. The molecule has 0 spiro atoms. The summed E-state index contributed by atoms with van der Waals surface area (Å²) in [6.07, 6.45) is 4.44. The van der Waals surface area contributed by atoms with Crippen LogP contribution in [0.15, 0.2) is 48.4 Å². The lowest BCUT2D eigenvalue weighted by Crippen LogP contribution is -2.47. The molecule has 2 aromatic rings. The van der Waals surface area contributed by atoms with Gasteiger partial charge in [0, 0.05) is 24.0 Å². The predicted molar refractivity (Wildman–Crippen MR) is 127 cm³/mol. The van der Waals surface area contributed by atoms with E-state index in [0.717, 1.165) is 31.4 Å². The number of fused-ring (bicyclic) bond motifs is 1. The van der Waals surface area contributed by atoms with Crippen LogP contribution in [0.1, 0.15) is 42.7 Å². The molecular weight excluding hydrogens is 427 g/mol. The Kier molecular flexibility index (Phi) is 9.26. The van der Waals surface area contributed by atoms with Gasteiger partial charge in [-0.2, -0.15) is 0 Å². The second kappa shape index (κ2) is 12.1. The van der Waals surface area contributed by atoms with Crippen molar-refractivity contribution in [3.8, 4) is 5.75 Å². The van der Waals surface area contributed by atoms with Crippen LogP contribution in [-0.4, -0.2) is 59.7 Å². The Morgan fingerprint density at radius 1 is 1.47 bits per heavy atom. The summed E-state index contributed by atoms with van der Waals surface area (Å²) >= 11 is 1.70. The molecule has 2 heterocycles. The first kappa shape index (κ1) is 24.4. The van der Waals surface area contributed by atoms with Gasteiger partial charge in [0.15, 0.2) is 0 Å². The van der Waals surface area contributed by atoms with Crippen molar-refractivity contribution in [3.05, 3.63) is 64.6 Å². The SMILES string of the molecule is C=CCCC(O)CN(CCC)CC(=O)N1CCc2sccc2C1COc1cccc(F)c1. The number of hydrogen-bond acceptors (Lipinski definition) is 5. The Morgan fingerprint density at radius 2 is 2.31 bits per heavy atom. The lowest BCUT2D eigenvalue weighted by Gasteiger charge is -2.37. The van der Waals surface area contributed by atoms with Crippen LogP contribution in [0.5, 0.6) is 5.75 Å². The monoisotopic (exact) mass is 460 g/mol. The van der Waals surface area contributed by atoms with Crippen LogP contribution in [0, 0.1) is 5.82 Å². The summed E-state index contributed by atoms with van der Waals surface area (Å²) in [4.78, 5) is 18.5. The van der Waals surface area contributed by atoms with Gasteiger partial charge in [0.1, 0.15) is 18.2 Å². The van der Waals surface area contributed by atoms with E-state index in [1.54, 1.807) is 29.5 Å². The number of allylic oxidation sites excluding steroid dienone is 1. The van der Waals surface area contributed by atoms with Crippen molar-refractivity contribution in [2.45, 2.75) is 44.8 Å². The van der Waals surface area contributed by atoms with Gasteiger partial charge in [-0.3, -0.25) is 9.69 Å². The fourth-order valence-corrected chi connectivity index (χ4v) is 5.07. The maximum Gasteiger partial charge on any atom is 0.237 e. The molecule has 1 aromatic heterocycles. The largest absolute Gasteiger partial charge is 0.491 e. The topological polar surface area (TPSA) is 53.0 Å². The van der Waals surface area contributed by atoms with Gasteiger partial charge in [-0.15, -0.1) is 17.9 Å². The van der Waals surface area contributed by atoms with E-state index < -0.39 is 6.10 Å². The van der Waals surface area contributed by atoms with Gasteiger partial charge in [-0.25, -0.2) is 4.39 Å². The van der Waals surface area contributed by atoms with Gasteiger partial charge in [0.2, 0.25) is 5.91 Å². The number of aliphatic hydroxyl groups excluding tert-OH is 1. The minimum absolute atomic E-state index is 0.0269. The number of rotatable bonds is 12. The summed E-state index contributed by atoms with van der Waals surface area (Å²) in [6.45, 7) is 8.15. The highest BCUT2D eigenvalue weighted by molar-refractivity contribution is 7.10. The molecule has 1 aliphatic heterocycles. The molecule has 2 atom stereocenters. The molecule has 0 radical (unpaired) electrons. The molecule has 0 bridgehead atoms. The highest BCUT2D eigenvalue weighted by Gasteiger charge is 2.33. The van der Waals surface area contributed by atoms with E-state index in [9.17, 15) is 14.3 Å². The average Bonchev–Trinajstić information content (AvgIpc) is 3.25. The quantitative estimate of drug-likeness (QED) is 0.476. The van der Waals surface area contributed by atoms with E-state index in [2.05, 4.69) is 19.6 Å². The Labute approximate surface area is 194 Å². The van der Waals surface area contributed by atoms with E-state index in [0.29, 0.717) is 25.3 Å². The normalized spacial score (nSPS) is 16.6. The molecule has 1 amide bonds. The fraction of sp³-hybridized carbons (Fsp3) is 0.480. The zero-order chi connectivity index (χ0) is 22.9. The summed E-state index contributed by atoms with van der Waals surface area (Å²) in [5.74, 6) is 0.136. The first-order valence-corrected chi connectivity index (χ1v) is 12.1. The molecule has 1 aromatic carbocycles. The van der Waals surface area contributed by atoms with Crippen LogP contribution in [0.2, 0.25) is 0 Å². The molecular formula is C25H33FN2O3S. The highest BCUT2D eigenvalue weighted by atomic mass is 32.1. The van der Waals surface area contributed by atoms with Crippen LogP contribution >= 0.6 is 11.3 Å². The Morgan fingerprint density at radius 3 is 3.06 bits per heavy atom. The number of amides is 1. The molecule has 1 N–H and O–H groups in total. The van der Waals surface area contributed by atoms with E-state index >= 15 is 0 Å². The zero-order valence-electron chi connectivity index (χ0n) is 18.7. The molecule has 1 aliphatic rings. The van der Waals surface area contributed by atoms with Crippen LogP contribution in [0.3, 0.4) is 0 Å². The lowest BCUT2D eigenvalue weighted by atomic mass is 10.0. The third-order valence-corrected chi connectivity index (χ3v) is 6.69. The summed E-state index contributed by atoms with van der Waals surface area (Å²) in [6, 6.07) is 7.92. The number of carbonyl (C=O) groups is 1. The van der Waals surface area contributed by atoms with E-state index in [1.165, 1.54) is 17.0 Å². The van der Waals surface area contributed by atoms with Gasteiger partial charge >= 0.3 is 0 Å². The summed E-state index contributed by atoms with van der Waals surface area (Å²) in [5.41, 5.74) is 1.11. The minimum atomic E-state index is -0.482. The van der Waals surface area contributed by atoms with E-state index in [-0.39, 0.29) is 30.9 Å². The molecule has 3 rings (SSSR count). The fourth-order valence-electron chi connectivity index (χ4n) is 4.14. The van der Waals surface area contributed by atoms with Crippen LogP contribution < -0.4 is 4.74 Å². The van der Waals surface area contributed by atoms with Gasteiger partial charge in [0.05, 0.1) is 18.7 Å². The smallest absolute Gasteiger partial charge is 0.237 e. The van der Waals surface area contributed by atoms with Gasteiger partial charge < -0.3 is 14.7 Å². The van der Waals surface area contributed by atoms with Crippen LogP contribution in [0.4, 0.5) is 4.39 Å². The molecule has 0 saturated carbocycles. The average molecular weight is 461 g/mol. The van der Waals surface area contributed by atoms with Crippen molar-refractivity contribution in [1.29, 1.82) is 0 Å². The third-order valence-electron chi connectivity index (χ3n) is 5.69. The molecule has 32 heavy (non-hydrogen) atoms. The van der Waals surface area contributed by atoms with Gasteiger partial charge in [-0.1, -0.05) is 19.1 Å². The number of benzene rings is 1. The summed E-state index contributed by atoms with van der Waals surface area (Å²) < 4.78 is 19.5. The van der Waals surface area contributed by atoms with Crippen LogP contribution in [-0.2, 0) is 11.2 Å². The predicted octanol–water partition coefficient (Wildman–Crippen LogP) is 4.43. The van der Waals surface area contributed by atoms with Crippen molar-refractivity contribution < 1.29 is 19.0 Å². The summed E-state index contributed by atoms with van der Waals surface area (Å²) in [5, 5.41) is 12.4. The number of aliphatic hydroxyl groups is 1. The Bertz CT molecular complexity index is 888. The number of nitrogens with zero attached hydrogens (tertiary/aromatic N) is 2. The number of carbonyl (C=O) groups excluding carboxylic acids is 1. The molecule has 174 valence electrons. The maximum atomic E-state index is 13.6. The molecule has 7 heteroatoms. The number of halogens is 1. The Balaban J connectivity index is 1.69. The first-order valence-electron chi connectivity index (χ1n) is 11.3. The number of hydrogen-bond donors (Lipinski definition) is 1. The van der Waals surface area contributed by atoms with Gasteiger partial charge in [0.25, 0.3) is 0 Å². The lowest BCUT2D eigenvalue weighted by molar-refractivity contribution is -0.136. The maximum absolute atomic E-state index is 13.6. The number of thiophene rings is 1. The van der Waals surface area contributed by atoms with Crippen molar-refractivity contribution in [2.75, 3.05) is 32.8 Å². The van der Waals surface area contributed by atoms with E-state index in [4.69, 9.17) is 4.74 Å². The van der Waals surface area contributed by atoms with Crippen molar-refractivity contribution in [3.63, 3.8) is 0 Å². The third kappa shape index (κ3) is 6.64. The molecule has 2 unspecified atom stereocenters. The van der Waals surface area contributed by atoms with Crippen molar-refractivity contribution in [1.82, 2.24) is 9.80 Å². The second-order valence-electron chi connectivity index (χ2n) is 8.18. The highest BCUT2D eigenvalue weighted by Crippen LogP contribution is 2.34. The summed E-state index contributed by atoms with van der Waals surface area (Å²) in [7, 11) is 0.